The summed E-state index contributed by atoms with van der Waals surface area (Å²) in [7, 11) is 0. The van der Waals surface area contributed by atoms with Gasteiger partial charge < -0.3 is 78.0 Å². The molecule has 298 valence electrons. The summed E-state index contributed by atoms with van der Waals surface area (Å²) in [6.07, 6.45) is 3.56. The fourth-order valence-corrected chi connectivity index (χ4v) is 4.80. The highest BCUT2D eigenvalue weighted by Crippen LogP contribution is 2.09. The largest absolute Gasteiger partial charge is 0.480 e. The van der Waals surface area contributed by atoms with E-state index in [4.69, 9.17) is 51.6 Å². The first-order valence-corrected chi connectivity index (χ1v) is 17.4. The molecule has 0 radical (unpaired) electrons. The summed E-state index contributed by atoms with van der Waals surface area (Å²) >= 11 is 0. The summed E-state index contributed by atoms with van der Waals surface area (Å²) in [5.41, 5.74) is 49.5. The molecular formula is C30H62N16O6. The number of carbonyl (C=O) groups is 5. The SMILES string of the molecule is NCCCCC(NC(=O)C(N)CCCN=C(N)N)C(=O)NC(CCCN=C(N)N)C(=O)NC(CCCCN)C(=O)NC(CCCN=C(N)N)C(=O)O. The lowest BCUT2D eigenvalue weighted by Gasteiger charge is -2.26. The van der Waals surface area contributed by atoms with Gasteiger partial charge in [-0.15, -0.1) is 0 Å². The number of nitrogens with one attached hydrogen (secondary N) is 4. The van der Waals surface area contributed by atoms with Crippen LogP contribution in [0.15, 0.2) is 15.0 Å². The Bertz CT molecular complexity index is 1190. The number of amides is 4. The van der Waals surface area contributed by atoms with Crippen LogP contribution >= 0.6 is 0 Å². The van der Waals surface area contributed by atoms with E-state index in [1.54, 1.807) is 0 Å². The second-order valence-corrected chi connectivity index (χ2v) is 12.1. The van der Waals surface area contributed by atoms with Gasteiger partial charge >= 0.3 is 5.97 Å². The molecule has 0 saturated carbocycles. The van der Waals surface area contributed by atoms with Crippen LogP contribution < -0.4 is 72.9 Å². The number of nitrogens with zero attached hydrogens (tertiary/aromatic N) is 3. The van der Waals surface area contributed by atoms with Gasteiger partial charge in [0.2, 0.25) is 23.6 Å². The molecule has 5 atom stereocenters. The second-order valence-electron chi connectivity index (χ2n) is 12.1. The molecule has 4 amide bonds. The fraction of sp³-hybridized carbons (Fsp3) is 0.733. The fourth-order valence-electron chi connectivity index (χ4n) is 4.80. The van der Waals surface area contributed by atoms with E-state index >= 15 is 0 Å². The molecule has 23 N–H and O–H groups in total. The monoisotopic (exact) mass is 743 g/mol. The quantitative estimate of drug-likeness (QED) is 0.0193. The molecular weight excluding hydrogens is 680 g/mol. The molecule has 0 aromatic heterocycles. The highest BCUT2D eigenvalue weighted by atomic mass is 16.4. The van der Waals surface area contributed by atoms with Crippen molar-refractivity contribution in [2.45, 2.75) is 107 Å². The summed E-state index contributed by atoms with van der Waals surface area (Å²) in [6.45, 7) is 1.23. The highest BCUT2D eigenvalue weighted by Gasteiger charge is 2.31. The molecule has 0 fully saturated rings. The van der Waals surface area contributed by atoms with Crippen molar-refractivity contribution in [3.05, 3.63) is 0 Å². The molecule has 0 aliphatic rings. The maximum Gasteiger partial charge on any atom is 0.326 e. The normalized spacial score (nSPS) is 13.6. The van der Waals surface area contributed by atoms with Crippen LogP contribution in [0.5, 0.6) is 0 Å². The Morgan fingerprint density at radius 3 is 1.12 bits per heavy atom. The minimum absolute atomic E-state index is 0.0159. The Morgan fingerprint density at radius 1 is 0.462 bits per heavy atom. The zero-order valence-corrected chi connectivity index (χ0v) is 29.9. The van der Waals surface area contributed by atoms with Crippen molar-refractivity contribution in [3.8, 4) is 0 Å². The molecule has 0 bridgehead atoms. The van der Waals surface area contributed by atoms with Crippen molar-refractivity contribution >= 4 is 47.5 Å². The summed E-state index contributed by atoms with van der Waals surface area (Å²) in [5, 5.41) is 20.2. The Labute approximate surface area is 304 Å². The number of hydrogen-bond acceptors (Lipinski definition) is 11. The number of nitrogens with two attached hydrogens (primary N) is 9. The summed E-state index contributed by atoms with van der Waals surface area (Å²) in [5.74, 6) is -4.42. The van der Waals surface area contributed by atoms with Crippen LogP contribution in [0.3, 0.4) is 0 Å². The van der Waals surface area contributed by atoms with Crippen LogP contribution in [0.25, 0.3) is 0 Å². The van der Waals surface area contributed by atoms with Crippen molar-refractivity contribution in [2.24, 2.45) is 66.6 Å². The van der Waals surface area contributed by atoms with Gasteiger partial charge in [0, 0.05) is 19.6 Å². The van der Waals surface area contributed by atoms with Crippen LogP contribution in [0.2, 0.25) is 0 Å². The zero-order valence-electron chi connectivity index (χ0n) is 29.9. The van der Waals surface area contributed by atoms with Crippen LogP contribution in [0.4, 0.5) is 0 Å². The van der Waals surface area contributed by atoms with E-state index in [0.29, 0.717) is 45.2 Å². The Hall–Kier alpha value is -4.96. The molecule has 0 rings (SSSR count). The van der Waals surface area contributed by atoms with Crippen LogP contribution in [-0.4, -0.2) is 116 Å². The van der Waals surface area contributed by atoms with E-state index in [-0.39, 0.29) is 82.5 Å². The maximum absolute atomic E-state index is 13.7. The van der Waals surface area contributed by atoms with Gasteiger partial charge in [0.05, 0.1) is 6.04 Å². The molecule has 22 nitrogen and oxygen atoms in total. The predicted octanol–water partition coefficient (Wildman–Crippen LogP) is -5.24. The van der Waals surface area contributed by atoms with Crippen molar-refractivity contribution in [1.82, 2.24) is 21.3 Å². The number of aliphatic imine (C=N–C) groups is 3. The van der Waals surface area contributed by atoms with Gasteiger partial charge in [0.15, 0.2) is 17.9 Å². The third-order valence-electron chi connectivity index (χ3n) is 7.60. The first kappa shape index (κ1) is 47.0. The number of carbonyl (C=O) groups excluding carboxylic acids is 4. The predicted molar refractivity (Wildman–Crippen MR) is 199 cm³/mol. The van der Waals surface area contributed by atoms with Crippen molar-refractivity contribution in [1.29, 1.82) is 0 Å². The second kappa shape index (κ2) is 27.7. The molecule has 0 aliphatic heterocycles. The van der Waals surface area contributed by atoms with E-state index in [0.717, 1.165) is 0 Å². The van der Waals surface area contributed by atoms with Gasteiger partial charge in [-0.2, -0.15) is 0 Å². The van der Waals surface area contributed by atoms with Crippen LogP contribution in [0.1, 0.15) is 77.0 Å². The number of guanidine groups is 3. The summed E-state index contributed by atoms with van der Waals surface area (Å²) in [4.78, 5) is 77.2. The van der Waals surface area contributed by atoms with Gasteiger partial charge in [-0.25, -0.2) is 4.79 Å². The van der Waals surface area contributed by atoms with Gasteiger partial charge in [-0.1, -0.05) is 0 Å². The summed E-state index contributed by atoms with van der Waals surface area (Å²) < 4.78 is 0. The lowest BCUT2D eigenvalue weighted by molar-refractivity contribution is -0.142. The van der Waals surface area contributed by atoms with Crippen LogP contribution in [-0.2, 0) is 24.0 Å². The molecule has 0 aromatic carbocycles. The maximum atomic E-state index is 13.7. The van der Waals surface area contributed by atoms with E-state index < -0.39 is 59.8 Å². The lowest BCUT2D eigenvalue weighted by Crippen LogP contribution is -2.58. The van der Waals surface area contributed by atoms with Gasteiger partial charge in [-0.3, -0.25) is 34.2 Å². The van der Waals surface area contributed by atoms with E-state index in [2.05, 4.69) is 36.2 Å². The molecule has 52 heavy (non-hydrogen) atoms. The van der Waals surface area contributed by atoms with Crippen molar-refractivity contribution in [2.75, 3.05) is 32.7 Å². The minimum atomic E-state index is -1.29. The van der Waals surface area contributed by atoms with Crippen molar-refractivity contribution in [3.63, 3.8) is 0 Å². The Morgan fingerprint density at radius 2 is 0.769 bits per heavy atom. The number of hydrogen-bond donors (Lipinski definition) is 14. The lowest BCUT2D eigenvalue weighted by atomic mass is 10.0. The van der Waals surface area contributed by atoms with Gasteiger partial charge in [-0.05, 0) is 90.1 Å². The third kappa shape index (κ3) is 22.7. The number of rotatable bonds is 29. The van der Waals surface area contributed by atoms with E-state index in [9.17, 15) is 29.1 Å². The first-order chi connectivity index (χ1) is 24.6. The van der Waals surface area contributed by atoms with Gasteiger partial charge in [0.25, 0.3) is 0 Å². The van der Waals surface area contributed by atoms with Crippen LogP contribution in [0, 0.1) is 0 Å². The van der Waals surface area contributed by atoms with Crippen molar-refractivity contribution < 1.29 is 29.1 Å². The minimum Gasteiger partial charge on any atom is -0.480 e. The molecule has 22 heteroatoms. The Balaban J connectivity index is 6.08. The number of carboxylic acid groups (broad SMARTS) is 1. The molecule has 0 aromatic rings. The van der Waals surface area contributed by atoms with Gasteiger partial charge in [0.1, 0.15) is 24.2 Å². The highest BCUT2D eigenvalue weighted by molar-refractivity contribution is 5.95. The molecule has 0 aliphatic carbocycles. The third-order valence-corrected chi connectivity index (χ3v) is 7.60. The molecule has 5 unspecified atom stereocenters. The zero-order chi connectivity index (χ0) is 39.5. The molecule has 0 heterocycles. The average Bonchev–Trinajstić information content (AvgIpc) is 3.07. The average molecular weight is 743 g/mol. The molecule has 0 spiro atoms. The molecule has 0 saturated heterocycles. The number of aliphatic carboxylic acids is 1. The van der Waals surface area contributed by atoms with E-state index in [1.165, 1.54) is 0 Å². The summed E-state index contributed by atoms with van der Waals surface area (Å²) in [6, 6.07) is -5.71. The van der Waals surface area contributed by atoms with E-state index in [1.807, 2.05) is 0 Å². The topological polar surface area (TPSA) is 425 Å². The standard InChI is InChI=1S/C30H62N16O6/c31-13-3-1-9-19(43-23(47)18(33)8-5-15-40-28(34)35)24(48)45-21(11-6-16-41-29(36)37)25(49)44-20(10-2-4-14-32)26(50)46-22(27(51)52)12-7-17-42-30(38)39/h18-22H,1-17,31-33H2,(H,43,47)(H,44,49)(H,45,48)(H,46,50)(H,51,52)(H4,34,35,40)(H4,36,37,41)(H4,38,39,42). The Kier molecular flexibility index (Phi) is 25.1. The first-order valence-electron chi connectivity index (χ1n) is 17.4. The smallest absolute Gasteiger partial charge is 0.326 e. The number of unbranched alkanes of at least 4 members (excludes halogenated alkanes) is 2. The number of carboxylic acids is 1.